The normalized spacial score (nSPS) is 15.0. The Morgan fingerprint density at radius 3 is 2.73 bits per heavy atom. The fraction of sp³-hybridized carbons (Fsp3) is 0.300. The Morgan fingerprint density at radius 2 is 2.08 bits per heavy atom. The van der Waals surface area contributed by atoms with Gasteiger partial charge in [-0.15, -0.1) is 0 Å². The highest BCUT2D eigenvalue weighted by molar-refractivity contribution is 6.34. The maximum atomic E-state index is 12.4. The van der Waals surface area contributed by atoms with Gasteiger partial charge in [-0.2, -0.15) is 0 Å². The summed E-state index contributed by atoms with van der Waals surface area (Å²) in [6, 6.07) is 12.7. The summed E-state index contributed by atoms with van der Waals surface area (Å²) < 4.78 is 5.68. The van der Waals surface area contributed by atoms with Crippen molar-refractivity contribution in [3.63, 3.8) is 0 Å². The lowest BCUT2D eigenvalue weighted by atomic mass is 10.2. The Kier molecular flexibility index (Phi) is 5.47. The third kappa shape index (κ3) is 4.17. The average Bonchev–Trinajstić information content (AvgIpc) is 3.01. The fourth-order valence-electron chi connectivity index (χ4n) is 2.90. The van der Waals surface area contributed by atoms with E-state index >= 15 is 0 Å². The van der Waals surface area contributed by atoms with E-state index in [9.17, 15) is 9.59 Å². The number of nitrogens with zero attached hydrogens (tertiary/aromatic N) is 1. The summed E-state index contributed by atoms with van der Waals surface area (Å²) in [5.41, 5.74) is 2.31. The summed E-state index contributed by atoms with van der Waals surface area (Å²) in [5.74, 6) is 0.449. The minimum atomic E-state index is -0.657. The van der Waals surface area contributed by atoms with E-state index in [1.807, 2.05) is 31.2 Å². The Morgan fingerprint density at radius 1 is 1.27 bits per heavy atom. The third-order valence-corrected chi connectivity index (χ3v) is 4.55. The SMILES string of the molecule is Cc1cccc(O[C@H](C)C(=O)Nc2ccc(N3CCCC3=O)c(Cl)c2)c1. The van der Waals surface area contributed by atoms with Crippen molar-refractivity contribution in [3.05, 3.63) is 53.1 Å². The van der Waals surface area contributed by atoms with E-state index in [0.717, 1.165) is 12.0 Å². The van der Waals surface area contributed by atoms with Crippen molar-refractivity contribution in [2.45, 2.75) is 32.8 Å². The number of hydrogen-bond donors (Lipinski definition) is 1. The molecule has 136 valence electrons. The van der Waals surface area contributed by atoms with Gasteiger partial charge in [0, 0.05) is 18.7 Å². The van der Waals surface area contributed by atoms with Gasteiger partial charge in [-0.05, 0) is 56.2 Å². The van der Waals surface area contributed by atoms with Gasteiger partial charge in [0.05, 0.1) is 10.7 Å². The molecule has 0 bridgehead atoms. The molecule has 0 aromatic heterocycles. The molecule has 1 heterocycles. The van der Waals surface area contributed by atoms with Crippen LogP contribution in [0.5, 0.6) is 5.75 Å². The van der Waals surface area contributed by atoms with Crippen molar-refractivity contribution in [2.75, 3.05) is 16.8 Å². The zero-order chi connectivity index (χ0) is 18.7. The molecule has 6 heteroatoms. The van der Waals surface area contributed by atoms with Crippen LogP contribution in [0, 0.1) is 6.92 Å². The number of benzene rings is 2. The van der Waals surface area contributed by atoms with Crippen molar-refractivity contribution >= 4 is 34.8 Å². The second kappa shape index (κ2) is 7.79. The van der Waals surface area contributed by atoms with Gasteiger partial charge >= 0.3 is 0 Å². The van der Waals surface area contributed by atoms with Gasteiger partial charge in [0.2, 0.25) is 5.91 Å². The molecule has 0 saturated carbocycles. The quantitative estimate of drug-likeness (QED) is 0.856. The Hall–Kier alpha value is -2.53. The van der Waals surface area contributed by atoms with Gasteiger partial charge in [-0.25, -0.2) is 0 Å². The molecule has 2 aromatic rings. The number of aryl methyl sites for hydroxylation is 1. The number of rotatable bonds is 5. The number of carbonyl (C=O) groups is 2. The maximum absolute atomic E-state index is 12.4. The molecular formula is C20H21ClN2O3. The van der Waals surface area contributed by atoms with Crippen LogP contribution in [-0.4, -0.2) is 24.5 Å². The lowest BCUT2D eigenvalue weighted by Gasteiger charge is -2.19. The van der Waals surface area contributed by atoms with Crippen molar-refractivity contribution in [2.24, 2.45) is 0 Å². The maximum Gasteiger partial charge on any atom is 0.265 e. The Labute approximate surface area is 157 Å². The molecular weight excluding hydrogens is 352 g/mol. The number of carbonyl (C=O) groups excluding carboxylic acids is 2. The smallest absolute Gasteiger partial charge is 0.265 e. The molecule has 0 spiro atoms. The van der Waals surface area contributed by atoms with E-state index < -0.39 is 6.10 Å². The van der Waals surface area contributed by atoms with E-state index in [1.54, 1.807) is 30.0 Å². The van der Waals surface area contributed by atoms with Crippen molar-refractivity contribution in [3.8, 4) is 5.75 Å². The molecule has 1 fully saturated rings. The number of halogens is 1. The van der Waals surface area contributed by atoms with Crippen molar-refractivity contribution < 1.29 is 14.3 Å². The molecule has 1 saturated heterocycles. The van der Waals surface area contributed by atoms with Crippen LogP contribution in [0.15, 0.2) is 42.5 Å². The third-order valence-electron chi connectivity index (χ3n) is 4.25. The summed E-state index contributed by atoms with van der Waals surface area (Å²) in [6.45, 7) is 4.33. The number of hydrogen-bond acceptors (Lipinski definition) is 3. The molecule has 3 rings (SSSR count). The van der Waals surface area contributed by atoms with Crippen LogP contribution < -0.4 is 15.0 Å². The zero-order valence-electron chi connectivity index (χ0n) is 14.8. The molecule has 1 N–H and O–H groups in total. The first-order chi connectivity index (χ1) is 12.4. The van der Waals surface area contributed by atoms with Gasteiger partial charge in [0.15, 0.2) is 6.10 Å². The van der Waals surface area contributed by atoms with Gasteiger partial charge in [0.25, 0.3) is 5.91 Å². The molecule has 1 atom stereocenters. The van der Waals surface area contributed by atoms with Gasteiger partial charge in [0.1, 0.15) is 5.75 Å². The summed E-state index contributed by atoms with van der Waals surface area (Å²) in [7, 11) is 0. The molecule has 2 amide bonds. The molecule has 0 radical (unpaired) electrons. The summed E-state index contributed by atoms with van der Waals surface area (Å²) in [6.07, 6.45) is 0.722. The monoisotopic (exact) mass is 372 g/mol. The van der Waals surface area contributed by atoms with Crippen molar-refractivity contribution in [1.29, 1.82) is 0 Å². The van der Waals surface area contributed by atoms with E-state index in [1.165, 1.54) is 0 Å². The van der Waals surface area contributed by atoms with Crippen LogP contribution in [0.25, 0.3) is 0 Å². The standard InChI is InChI=1S/C20H21ClN2O3/c1-13-5-3-6-16(11-13)26-14(2)20(25)22-15-8-9-18(17(21)12-15)23-10-4-7-19(23)24/h3,5-6,8-9,11-12,14H,4,7,10H2,1-2H3,(H,22,25)/t14-/m1/s1. The molecule has 2 aromatic carbocycles. The highest BCUT2D eigenvalue weighted by Gasteiger charge is 2.24. The first-order valence-corrected chi connectivity index (χ1v) is 8.96. The van der Waals surface area contributed by atoms with Crippen LogP contribution in [0.4, 0.5) is 11.4 Å². The lowest BCUT2D eigenvalue weighted by molar-refractivity contribution is -0.122. The molecule has 26 heavy (non-hydrogen) atoms. The molecule has 0 aliphatic carbocycles. The van der Waals surface area contributed by atoms with E-state index in [4.69, 9.17) is 16.3 Å². The summed E-state index contributed by atoms with van der Waals surface area (Å²) in [5, 5.41) is 3.23. The minimum Gasteiger partial charge on any atom is -0.481 e. The molecule has 1 aliphatic rings. The number of anilines is 2. The van der Waals surface area contributed by atoms with Crippen LogP contribution in [0.1, 0.15) is 25.3 Å². The molecule has 1 aliphatic heterocycles. The molecule has 5 nitrogen and oxygen atoms in total. The van der Waals surface area contributed by atoms with E-state index in [-0.39, 0.29) is 11.8 Å². The average molecular weight is 373 g/mol. The largest absolute Gasteiger partial charge is 0.481 e. The number of amides is 2. The predicted molar refractivity (Wildman–Crippen MR) is 103 cm³/mol. The number of nitrogens with one attached hydrogen (secondary N) is 1. The zero-order valence-corrected chi connectivity index (χ0v) is 15.5. The van der Waals surface area contributed by atoms with Crippen LogP contribution in [0.3, 0.4) is 0 Å². The van der Waals surface area contributed by atoms with Gasteiger partial charge in [-0.1, -0.05) is 23.7 Å². The first-order valence-electron chi connectivity index (χ1n) is 8.58. The molecule has 0 unspecified atom stereocenters. The fourth-order valence-corrected chi connectivity index (χ4v) is 3.18. The van der Waals surface area contributed by atoms with Crippen LogP contribution in [0.2, 0.25) is 5.02 Å². The topological polar surface area (TPSA) is 58.6 Å². The number of ether oxygens (including phenoxy) is 1. The van der Waals surface area contributed by atoms with E-state index in [0.29, 0.717) is 35.1 Å². The minimum absolute atomic E-state index is 0.0730. The highest BCUT2D eigenvalue weighted by atomic mass is 35.5. The lowest BCUT2D eigenvalue weighted by Crippen LogP contribution is -2.30. The second-order valence-corrected chi connectivity index (χ2v) is 6.79. The second-order valence-electron chi connectivity index (χ2n) is 6.38. The Balaban J connectivity index is 1.65. The predicted octanol–water partition coefficient (Wildman–Crippen LogP) is 4.18. The highest BCUT2D eigenvalue weighted by Crippen LogP contribution is 2.31. The summed E-state index contributed by atoms with van der Waals surface area (Å²) in [4.78, 5) is 25.9. The van der Waals surface area contributed by atoms with Crippen LogP contribution in [-0.2, 0) is 9.59 Å². The Bertz CT molecular complexity index is 838. The van der Waals surface area contributed by atoms with Crippen LogP contribution >= 0.6 is 11.6 Å². The van der Waals surface area contributed by atoms with Crippen molar-refractivity contribution in [1.82, 2.24) is 0 Å². The summed E-state index contributed by atoms with van der Waals surface area (Å²) >= 11 is 6.31. The van der Waals surface area contributed by atoms with Gasteiger partial charge < -0.3 is 15.0 Å². The first kappa shape index (κ1) is 18.3. The van der Waals surface area contributed by atoms with Gasteiger partial charge in [-0.3, -0.25) is 9.59 Å². The van der Waals surface area contributed by atoms with E-state index in [2.05, 4.69) is 5.32 Å².